The molecule has 0 N–H and O–H groups in total. The van der Waals surface area contributed by atoms with Crippen molar-refractivity contribution in [1.29, 1.82) is 0 Å². The Morgan fingerprint density at radius 1 is 0.579 bits per heavy atom. The van der Waals surface area contributed by atoms with Gasteiger partial charge < -0.3 is 0 Å². The molecule has 0 aliphatic rings. The van der Waals surface area contributed by atoms with Gasteiger partial charge in [-0.05, 0) is 36.5 Å². The Morgan fingerprint density at radius 2 is 1.16 bits per heavy atom. The second-order valence-corrected chi connectivity index (χ2v) is 7.61. The zero-order valence-electron chi connectivity index (χ0n) is 14.7. The third kappa shape index (κ3) is 12.8. The molecule has 0 saturated carbocycles. The molecule has 0 amide bonds. The van der Waals surface area contributed by atoms with Crippen LogP contribution in [0.15, 0.2) is 0 Å². The minimum absolute atomic E-state index is 0.862. The lowest BCUT2D eigenvalue weighted by atomic mass is 9.87. The zero-order valence-corrected chi connectivity index (χ0v) is 14.7. The molecule has 0 aliphatic heterocycles. The minimum atomic E-state index is 0.862. The van der Waals surface area contributed by atoms with E-state index in [0.717, 1.165) is 23.7 Å². The number of hydrogen-bond acceptors (Lipinski definition) is 0. The maximum absolute atomic E-state index is 2.46. The molecule has 0 radical (unpaired) electrons. The Morgan fingerprint density at radius 3 is 1.74 bits per heavy atom. The van der Waals surface area contributed by atoms with Crippen LogP contribution in [0.5, 0.6) is 0 Å². The molecule has 0 heteroatoms. The van der Waals surface area contributed by atoms with Crippen molar-refractivity contribution in [2.45, 2.75) is 99.3 Å². The highest BCUT2D eigenvalue weighted by atomic mass is 14.2. The molecule has 0 heterocycles. The minimum Gasteiger partial charge on any atom is -0.0654 e. The van der Waals surface area contributed by atoms with Gasteiger partial charge in [0.15, 0.2) is 0 Å². The van der Waals surface area contributed by atoms with Gasteiger partial charge in [-0.2, -0.15) is 0 Å². The summed E-state index contributed by atoms with van der Waals surface area (Å²) in [5.74, 6) is 3.65. The van der Waals surface area contributed by atoms with Crippen molar-refractivity contribution in [2.75, 3.05) is 0 Å². The molecule has 0 aromatic rings. The molecular weight excluding hydrogens is 228 g/mol. The molecule has 0 fully saturated rings. The van der Waals surface area contributed by atoms with E-state index in [4.69, 9.17) is 0 Å². The molecule has 3 atom stereocenters. The fourth-order valence-corrected chi connectivity index (χ4v) is 3.41. The van der Waals surface area contributed by atoms with E-state index >= 15 is 0 Å². The largest absolute Gasteiger partial charge is 0.0654 e. The smallest absolute Gasteiger partial charge is 0.0438 e. The Labute approximate surface area is 123 Å². The second kappa shape index (κ2) is 11.8. The van der Waals surface area contributed by atoms with E-state index in [1.165, 1.54) is 57.8 Å². The van der Waals surface area contributed by atoms with Gasteiger partial charge in [0.25, 0.3) is 0 Å². The zero-order chi connectivity index (χ0) is 14.7. The first-order chi connectivity index (χ1) is 8.95. The molecular formula is C19H40. The van der Waals surface area contributed by atoms with E-state index in [1.807, 2.05) is 0 Å². The summed E-state index contributed by atoms with van der Waals surface area (Å²) in [6.45, 7) is 14.3. The first-order valence-corrected chi connectivity index (χ1v) is 8.95. The van der Waals surface area contributed by atoms with Crippen LogP contribution in [0.4, 0.5) is 0 Å². The Bertz CT molecular complexity index is 182. The van der Waals surface area contributed by atoms with Crippen molar-refractivity contribution in [3.05, 3.63) is 0 Å². The SMILES string of the molecule is CCCCCC(C)CCCC(C)CC(C)CC(C)C. The van der Waals surface area contributed by atoms with E-state index < -0.39 is 0 Å². The van der Waals surface area contributed by atoms with Crippen LogP contribution in [0.25, 0.3) is 0 Å². The molecule has 0 aliphatic carbocycles. The van der Waals surface area contributed by atoms with Gasteiger partial charge in [0, 0.05) is 0 Å². The van der Waals surface area contributed by atoms with Crippen LogP contribution in [0.3, 0.4) is 0 Å². The highest BCUT2D eigenvalue weighted by molar-refractivity contribution is 4.63. The highest BCUT2D eigenvalue weighted by Gasteiger charge is 2.11. The molecule has 0 spiro atoms. The van der Waals surface area contributed by atoms with Crippen molar-refractivity contribution in [3.8, 4) is 0 Å². The van der Waals surface area contributed by atoms with E-state index in [0.29, 0.717) is 0 Å². The van der Waals surface area contributed by atoms with Gasteiger partial charge in [-0.15, -0.1) is 0 Å². The van der Waals surface area contributed by atoms with Crippen molar-refractivity contribution < 1.29 is 0 Å². The summed E-state index contributed by atoms with van der Waals surface area (Å²) in [5, 5.41) is 0. The lowest BCUT2D eigenvalue weighted by Gasteiger charge is -2.19. The van der Waals surface area contributed by atoms with E-state index in [9.17, 15) is 0 Å². The fraction of sp³-hybridized carbons (Fsp3) is 1.00. The van der Waals surface area contributed by atoms with Crippen LogP contribution in [0.2, 0.25) is 0 Å². The van der Waals surface area contributed by atoms with E-state index in [-0.39, 0.29) is 0 Å². The second-order valence-electron chi connectivity index (χ2n) is 7.61. The number of unbranched alkanes of at least 4 members (excludes halogenated alkanes) is 2. The van der Waals surface area contributed by atoms with Gasteiger partial charge >= 0.3 is 0 Å². The first kappa shape index (κ1) is 19.0. The van der Waals surface area contributed by atoms with Gasteiger partial charge in [-0.3, -0.25) is 0 Å². The van der Waals surface area contributed by atoms with Crippen LogP contribution in [0, 0.1) is 23.7 Å². The summed E-state index contributed by atoms with van der Waals surface area (Å²) in [7, 11) is 0. The van der Waals surface area contributed by atoms with Crippen molar-refractivity contribution in [1.82, 2.24) is 0 Å². The molecule has 0 nitrogen and oxygen atoms in total. The quantitative estimate of drug-likeness (QED) is 0.332. The topological polar surface area (TPSA) is 0 Å². The van der Waals surface area contributed by atoms with Crippen molar-refractivity contribution >= 4 is 0 Å². The fourth-order valence-electron chi connectivity index (χ4n) is 3.41. The van der Waals surface area contributed by atoms with Crippen LogP contribution in [-0.2, 0) is 0 Å². The first-order valence-electron chi connectivity index (χ1n) is 8.95. The molecule has 0 bridgehead atoms. The third-order valence-electron chi connectivity index (χ3n) is 4.37. The maximum Gasteiger partial charge on any atom is -0.0438 e. The molecule has 0 rings (SSSR count). The third-order valence-corrected chi connectivity index (χ3v) is 4.37. The predicted octanol–water partition coefficient (Wildman–Crippen LogP) is 7.08. The lowest BCUT2D eigenvalue weighted by molar-refractivity contribution is 0.328. The van der Waals surface area contributed by atoms with E-state index in [2.05, 4.69) is 41.5 Å². The molecule has 19 heavy (non-hydrogen) atoms. The molecule has 3 unspecified atom stereocenters. The molecule has 116 valence electrons. The highest BCUT2D eigenvalue weighted by Crippen LogP contribution is 2.24. The molecule has 0 aromatic heterocycles. The maximum atomic E-state index is 2.46. The van der Waals surface area contributed by atoms with Gasteiger partial charge in [0.05, 0.1) is 0 Å². The summed E-state index contributed by atoms with van der Waals surface area (Å²) in [5.41, 5.74) is 0. The van der Waals surface area contributed by atoms with Gasteiger partial charge in [0.2, 0.25) is 0 Å². The number of rotatable bonds is 12. The summed E-state index contributed by atoms with van der Waals surface area (Å²) >= 11 is 0. The Hall–Kier alpha value is 0. The van der Waals surface area contributed by atoms with Gasteiger partial charge in [-0.25, -0.2) is 0 Å². The van der Waals surface area contributed by atoms with Gasteiger partial charge in [-0.1, -0.05) is 86.5 Å². The average molecular weight is 269 g/mol. The number of hydrogen-bond donors (Lipinski definition) is 0. The van der Waals surface area contributed by atoms with Crippen LogP contribution < -0.4 is 0 Å². The Balaban J connectivity index is 3.53. The normalized spacial score (nSPS) is 16.6. The monoisotopic (exact) mass is 268 g/mol. The van der Waals surface area contributed by atoms with Gasteiger partial charge in [0.1, 0.15) is 0 Å². The van der Waals surface area contributed by atoms with Crippen LogP contribution in [0.1, 0.15) is 99.3 Å². The summed E-state index contributed by atoms with van der Waals surface area (Å²) in [6, 6.07) is 0. The molecule has 0 saturated heterocycles. The predicted molar refractivity (Wildman–Crippen MR) is 89.6 cm³/mol. The van der Waals surface area contributed by atoms with Crippen molar-refractivity contribution in [3.63, 3.8) is 0 Å². The molecule has 0 aromatic carbocycles. The van der Waals surface area contributed by atoms with Crippen LogP contribution >= 0.6 is 0 Å². The summed E-state index contributed by atoms with van der Waals surface area (Å²) in [6.07, 6.45) is 12.9. The Kier molecular flexibility index (Phi) is 11.8. The summed E-state index contributed by atoms with van der Waals surface area (Å²) < 4.78 is 0. The van der Waals surface area contributed by atoms with Crippen molar-refractivity contribution in [2.24, 2.45) is 23.7 Å². The summed E-state index contributed by atoms with van der Waals surface area (Å²) in [4.78, 5) is 0. The standard InChI is InChI=1S/C19H40/c1-7-8-9-11-17(4)12-10-13-18(5)15-19(6)14-16(2)3/h16-19H,7-15H2,1-6H3. The lowest BCUT2D eigenvalue weighted by Crippen LogP contribution is -2.06. The average Bonchev–Trinajstić information content (AvgIpc) is 2.27. The van der Waals surface area contributed by atoms with E-state index in [1.54, 1.807) is 0 Å². The van der Waals surface area contributed by atoms with Crippen LogP contribution in [-0.4, -0.2) is 0 Å².